The minimum Gasteiger partial charge on any atom is -0.351 e. The zero-order valence-electron chi connectivity index (χ0n) is 11.9. The van der Waals surface area contributed by atoms with E-state index >= 15 is 0 Å². The molecule has 0 fully saturated rings. The molecule has 0 spiro atoms. The molecule has 4 heteroatoms. The van der Waals surface area contributed by atoms with Gasteiger partial charge in [0.15, 0.2) is 6.29 Å². The van der Waals surface area contributed by atoms with Gasteiger partial charge in [0.1, 0.15) is 0 Å². The van der Waals surface area contributed by atoms with Crippen LogP contribution >= 0.6 is 0 Å². The molecule has 1 N–H and O–H groups in total. The van der Waals surface area contributed by atoms with E-state index in [-0.39, 0.29) is 18.1 Å². The van der Waals surface area contributed by atoms with Crippen LogP contribution in [0.2, 0.25) is 0 Å². The molecule has 1 aromatic rings. The molecular weight excluding hydrogens is 242 g/mol. The van der Waals surface area contributed by atoms with Gasteiger partial charge >= 0.3 is 0 Å². The van der Waals surface area contributed by atoms with E-state index in [4.69, 9.17) is 9.47 Å². The lowest BCUT2D eigenvalue weighted by Crippen LogP contribution is -2.37. The molecule has 0 aliphatic carbocycles. The van der Waals surface area contributed by atoms with Crippen molar-refractivity contribution in [2.45, 2.75) is 33.0 Å². The number of hydrogen-bond acceptors (Lipinski definition) is 3. The molecule has 0 radical (unpaired) electrons. The quantitative estimate of drug-likeness (QED) is 0.734. The summed E-state index contributed by atoms with van der Waals surface area (Å²) in [6.45, 7) is 7.20. The van der Waals surface area contributed by atoms with Crippen molar-refractivity contribution in [2.24, 2.45) is 0 Å². The number of benzene rings is 1. The molecule has 0 aromatic heterocycles. The van der Waals surface area contributed by atoms with Crippen LogP contribution < -0.4 is 5.32 Å². The standard InChI is InChI=1S/C15H23NO3/c1-4-18-14(19-5-2)11-16-15(17)12(3)13-9-7-6-8-10-13/h6-10,12,14H,4-5,11H2,1-3H3,(H,16,17). The molecule has 0 saturated carbocycles. The SMILES string of the molecule is CCOC(CNC(=O)C(C)c1ccccc1)OCC. The molecular formula is C15H23NO3. The zero-order chi connectivity index (χ0) is 14.1. The molecule has 1 aromatic carbocycles. The minimum absolute atomic E-state index is 0.0180. The van der Waals surface area contributed by atoms with Gasteiger partial charge < -0.3 is 14.8 Å². The average molecular weight is 265 g/mol. The van der Waals surface area contributed by atoms with Crippen molar-refractivity contribution in [2.75, 3.05) is 19.8 Å². The van der Waals surface area contributed by atoms with Gasteiger partial charge in [-0.2, -0.15) is 0 Å². The first-order valence-corrected chi connectivity index (χ1v) is 6.74. The molecule has 0 saturated heterocycles. The molecule has 4 nitrogen and oxygen atoms in total. The fourth-order valence-electron chi connectivity index (χ4n) is 1.77. The lowest BCUT2D eigenvalue weighted by atomic mass is 10.0. The third kappa shape index (κ3) is 5.41. The van der Waals surface area contributed by atoms with Gasteiger partial charge in [-0.25, -0.2) is 0 Å². The highest BCUT2D eigenvalue weighted by Gasteiger charge is 2.16. The summed E-state index contributed by atoms with van der Waals surface area (Å²) < 4.78 is 10.8. The van der Waals surface area contributed by atoms with Crippen molar-refractivity contribution in [3.05, 3.63) is 35.9 Å². The average Bonchev–Trinajstić information content (AvgIpc) is 2.45. The summed E-state index contributed by atoms with van der Waals surface area (Å²) in [6, 6.07) is 9.71. The number of carbonyl (C=O) groups is 1. The molecule has 0 heterocycles. The Morgan fingerprint density at radius 3 is 2.26 bits per heavy atom. The van der Waals surface area contributed by atoms with Gasteiger partial charge in [0, 0.05) is 13.2 Å². The lowest BCUT2D eigenvalue weighted by Gasteiger charge is -2.19. The first-order chi connectivity index (χ1) is 9.19. The largest absolute Gasteiger partial charge is 0.351 e. The van der Waals surface area contributed by atoms with Gasteiger partial charge in [-0.15, -0.1) is 0 Å². The normalized spacial score (nSPS) is 12.4. The minimum atomic E-state index is -0.373. The summed E-state index contributed by atoms with van der Waals surface area (Å²) in [5.41, 5.74) is 1.00. The number of hydrogen-bond donors (Lipinski definition) is 1. The Hall–Kier alpha value is -1.39. The predicted octanol–water partition coefficient (Wildman–Crippen LogP) is 2.31. The highest BCUT2D eigenvalue weighted by molar-refractivity contribution is 5.83. The van der Waals surface area contributed by atoms with E-state index in [9.17, 15) is 4.79 Å². The van der Waals surface area contributed by atoms with Crippen molar-refractivity contribution in [1.29, 1.82) is 0 Å². The maximum absolute atomic E-state index is 12.0. The Bertz CT molecular complexity index is 361. The van der Waals surface area contributed by atoms with Crippen LogP contribution in [0.3, 0.4) is 0 Å². The van der Waals surface area contributed by atoms with Crippen molar-refractivity contribution < 1.29 is 14.3 Å². The predicted molar refractivity (Wildman–Crippen MR) is 74.9 cm³/mol. The summed E-state index contributed by atoms with van der Waals surface area (Å²) in [5.74, 6) is -0.194. The van der Waals surface area contributed by atoms with Gasteiger partial charge in [-0.1, -0.05) is 30.3 Å². The number of ether oxygens (including phenoxy) is 2. The highest BCUT2D eigenvalue weighted by Crippen LogP contribution is 2.14. The third-order valence-corrected chi connectivity index (χ3v) is 2.84. The zero-order valence-corrected chi connectivity index (χ0v) is 11.9. The monoisotopic (exact) mass is 265 g/mol. The Morgan fingerprint density at radius 1 is 1.16 bits per heavy atom. The van der Waals surface area contributed by atoms with Crippen LogP contribution in [0.1, 0.15) is 32.3 Å². The second-order valence-corrected chi connectivity index (χ2v) is 4.22. The summed E-state index contributed by atoms with van der Waals surface area (Å²) in [4.78, 5) is 12.0. The Labute approximate surface area is 115 Å². The van der Waals surface area contributed by atoms with E-state index in [0.717, 1.165) is 5.56 Å². The van der Waals surface area contributed by atoms with Crippen molar-refractivity contribution in [3.63, 3.8) is 0 Å². The summed E-state index contributed by atoms with van der Waals surface area (Å²) in [5, 5.41) is 2.86. The molecule has 1 rings (SSSR count). The van der Waals surface area contributed by atoms with Gasteiger partial charge in [0.2, 0.25) is 5.91 Å². The summed E-state index contributed by atoms with van der Waals surface area (Å²) in [7, 11) is 0. The lowest BCUT2D eigenvalue weighted by molar-refractivity contribution is -0.140. The van der Waals surface area contributed by atoms with Gasteiger partial charge in [-0.05, 0) is 26.3 Å². The van der Waals surface area contributed by atoms with Crippen LogP contribution in [0, 0.1) is 0 Å². The molecule has 1 unspecified atom stereocenters. The summed E-state index contributed by atoms with van der Waals surface area (Å²) >= 11 is 0. The fraction of sp³-hybridized carbons (Fsp3) is 0.533. The number of nitrogens with one attached hydrogen (secondary N) is 1. The topological polar surface area (TPSA) is 47.6 Å². The second kappa shape index (κ2) is 8.67. The van der Waals surface area contributed by atoms with Gasteiger partial charge in [-0.3, -0.25) is 4.79 Å². The molecule has 0 bridgehead atoms. The van der Waals surface area contributed by atoms with Gasteiger partial charge in [0.25, 0.3) is 0 Å². The van der Waals surface area contributed by atoms with Crippen LogP contribution in [0.15, 0.2) is 30.3 Å². The maximum Gasteiger partial charge on any atom is 0.227 e. The number of carbonyl (C=O) groups excluding carboxylic acids is 1. The molecule has 19 heavy (non-hydrogen) atoms. The fourth-order valence-corrected chi connectivity index (χ4v) is 1.77. The van der Waals surface area contributed by atoms with Crippen LogP contribution in [0.25, 0.3) is 0 Å². The van der Waals surface area contributed by atoms with E-state index in [1.807, 2.05) is 51.1 Å². The Morgan fingerprint density at radius 2 is 1.74 bits per heavy atom. The van der Waals surface area contributed by atoms with Crippen molar-refractivity contribution in [1.82, 2.24) is 5.32 Å². The van der Waals surface area contributed by atoms with Crippen LogP contribution in [0.5, 0.6) is 0 Å². The van der Waals surface area contributed by atoms with Crippen LogP contribution in [-0.2, 0) is 14.3 Å². The summed E-state index contributed by atoms with van der Waals surface area (Å²) in [6.07, 6.45) is -0.373. The van der Waals surface area contributed by atoms with E-state index in [0.29, 0.717) is 19.8 Å². The molecule has 1 amide bonds. The van der Waals surface area contributed by atoms with Gasteiger partial charge in [0.05, 0.1) is 12.5 Å². The highest BCUT2D eigenvalue weighted by atomic mass is 16.7. The Kier molecular flexibility index (Phi) is 7.15. The second-order valence-electron chi connectivity index (χ2n) is 4.22. The van der Waals surface area contributed by atoms with Crippen molar-refractivity contribution >= 4 is 5.91 Å². The molecule has 1 atom stereocenters. The van der Waals surface area contributed by atoms with E-state index in [1.54, 1.807) is 0 Å². The van der Waals surface area contributed by atoms with Crippen LogP contribution in [-0.4, -0.2) is 32.0 Å². The Balaban J connectivity index is 2.45. The maximum atomic E-state index is 12.0. The van der Waals surface area contributed by atoms with E-state index < -0.39 is 0 Å². The van der Waals surface area contributed by atoms with Crippen molar-refractivity contribution in [3.8, 4) is 0 Å². The van der Waals surface area contributed by atoms with E-state index in [2.05, 4.69) is 5.32 Å². The number of amides is 1. The van der Waals surface area contributed by atoms with E-state index in [1.165, 1.54) is 0 Å². The first-order valence-electron chi connectivity index (χ1n) is 6.74. The number of rotatable bonds is 8. The first kappa shape index (κ1) is 15.7. The smallest absolute Gasteiger partial charge is 0.227 e. The van der Waals surface area contributed by atoms with Crippen LogP contribution in [0.4, 0.5) is 0 Å². The molecule has 0 aliphatic heterocycles. The third-order valence-electron chi connectivity index (χ3n) is 2.84. The molecule has 106 valence electrons. The molecule has 0 aliphatic rings.